The van der Waals surface area contributed by atoms with Crippen molar-refractivity contribution in [2.45, 2.75) is 101 Å². The van der Waals surface area contributed by atoms with E-state index >= 15 is 0 Å². The smallest absolute Gasteiger partial charge is 0.311 e. The molecule has 2 aromatic carbocycles. The maximum atomic E-state index is 12.4. The molecular weight excluding hydrogens is 450 g/mol. The van der Waals surface area contributed by atoms with Crippen LogP contribution in [0.4, 0.5) is 5.69 Å². The van der Waals surface area contributed by atoms with Gasteiger partial charge in [0.2, 0.25) is 0 Å². The Balaban J connectivity index is 1.26. The molecule has 0 radical (unpaired) electrons. The number of fused-ring (bicyclic) bond motifs is 4. The van der Waals surface area contributed by atoms with Crippen LogP contribution < -0.4 is 9.64 Å². The van der Waals surface area contributed by atoms with Gasteiger partial charge in [-0.15, -0.1) is 0 Å². The number of rotatable bonds is 6. The molecule has 4 nitrogen and oxygen atoms in total. The minimum absolute atomic E-state index is 0.00119. The van der Waals surface area contributed by atoms with E-state index in [0.717, 1.165) is 49.8 Å². The first-order chi connectivity index (χ1) is 16.6. The Morgan fingerprint density at radius 2 is 1.49 bits per heavy atom. The summed E-state index contributed by atoms with van der Waals surface area (Å²) in [6.45, 7) is 7.52. The summed E-state index contributed by atoms with van der Waals surface area (Å²) in [4.78, 5) is 14.9. The summed E-state index contributed by atoms with van der Waals surface area (Å²) in [5.41, 5.74) is 2.13. The van der Waals surface area contributed by atoms with Crippen LogP contribution in [0.5, 0.6) is 5.75 Å². The van der Waals surface area contributed by atoms with Crippen molar-refractivity contribution in [1.82, 2.24) is 0 Å². The van der Waals surface area contributed by atoms with E-state index in [1.165, 1.54) is 49.3 Å². The molecule has 0 heterocycles. The lowest BCUT2D eigenvalue weighted by molar-refractivity contribution is -0.159. The normalized spacial score (nSPS) is 30.8. The molecule has 0 saturated heterocycles. The molecule has 4 aliphatic rings. The highest BCUT2D eigenvalue weighted by Gasteiger charge is 2.54. The van der Waals surface area contributed by atoms with Crippen LogP contribution in [0.25, 0.3) is 10.8 Å². The first-order valence-corrected chi connectivity index (χ1v) is 17.2. The Hall–Kier alpha value is -2.01. The molecule has 0 amide bonds. The fourth-order valence-corrected chi connectivity index (χ4v) is 9.26. The lowest BCUT2D eigenvalue weighted by atomic mass is 9.56. The fraction of sp³-hybridized carbons (Fsp3) is 0.633. The van der Waals surface area contributed by atoms with Gasteiger partial charge in [0.05, 0.1) is 18.6 Å². The molecule has 4 saturated carbocycles. The van der Waals surface area contributed by atoms with Gasteiger partial charge in [-0.2, -0.15) is 0 Å². The second kappa shape index (κ2) is 9.13. The van der Waals surface area contributed by atoms with Crippen LogP contribution in [-0.4, -0.2) is 39.8 Å². The summed E-state index contributed by atoms with van der Waals surface area (Å²) in [5.74, 6) is 1.01. The van der Waals surface area contributed by atoms with Crippen LogP contribution >= 0.6 is 0 Å². The Kier molecular flexibility index (Phi) is 6.44. The van der Waals surface area contributed by atoms with Gasteiger partial charge in [-0.3, -0.25) is 4.79 Å². The number of anilines is 1. The minimum atomic E-state index is -1.04. The standard InChI is InChI=1S/C30H43NO3Si/c1-31(30-17-14-29(15-18-30,16-19-30)28(32)33-2)24-8-6-23-21-26(9-7-22(23)20-24)34-25-10-12-27(13-11-25)35(3,4)5/h6-9,20-21,25,27H,10-19H2,1-5H3. The fourth-order valence-electron chi connectivity index (χ4n) is 7.20. The Bertz CT molecular complexity index is 1060. The van der Waals surface area contributed by atoms with Crippen LogP contribution in [0.15, 0.2) is 36.4 Å². The predicted molar refractivity (Wildman–Crippen MR) is 147 cm³/mol. The van der Waals surface area contributed by atoms with Crippen molar-refractivity contribution in [2.75, 3.05) is 19.1 Å². The van der Waals surface area contributed by atoms with Crippen LogP contribution in [0.2, 0.25) is 25.2 Å². The lowest BCUT2D eigenvalue weighted by Crippen LogP contribution is -2.57. The second-order valence-electron chi connectivity index (χ2n) is 12.7. The molecule has 2 bridgehead atoms. The molecule has 0 N–H and O–H groups in total. The van der Waals surface area contributed by atoms with E-state index in [-0.39, 0.29) is 16.9 Å². The molecule has 2 aromatic rings. The van der Waals surface area contributed by atoms with Gasteiger partial charge in [0, 0.05) is 26.3 Å². The molecule has 190 valence electrons. The molecule has 0 spiro atoms. The number of hydrogen-bond donors (Lipinski definition) is 0. The van der Waals surface area contributed by atoms with Crippen LogP contribution in [-0.2, 0) is 9.53 Å². The molecular formula is C30H43NO3Si. The summed E-state index contributed by atoms with van der Waals surface area (Å²) >= 11 is 0. The second-order valence-corrected chi connectivity index (χ2v) is 18.3. The largest absolute Gasteiger partial charge is 0.490 e. The summed E-state index contributed by atoms with van der Waals surface area (Å²) in [6, 6.07) is 13.4. The van der Waals surface area contributed by atoms with Crippen molar-refractivity contribution < 1.29 is 14.3 Å². The summed E-state index contributed by atoms with van der Waals surface area (Å²) < 4.78 is 11.6. The Morgan fingerprint density at radius 1 is 0.886 bits per heavy atom. The van der Waals surface area contributed by atoms with E-state index in [0.29, 0.717) is 6.10 Å². The average Bonchev–Trinajstić information content (AvgIpc) is 2.88. The van der Waals surface area contributed by atoms with Crippen molar-refractivity contribution in [3.05, 3.63) is 36.4 Å². The molecule has 0 aromatic heterocycles. The molecule has 35 heavy (non-hydrogen) atoms. The van der Waals surface area contributed by atoms with E-state index < -0.39 is 8.07 Å². The number of ether oxygens (including phenoxy) is 2. The number of methoxy groups -OCH3 is 1. The number of benzene rings is 2. The monoisotopic (exact) mass is 493 g/mol. The van der Waals surface area contributed by atoms with Gasteiger partial charge in [-0.1, -0.05) is 31.8 Å². The van der Waals surface area contributed by atoms with Crippen molar-refractivity contribution >= 4 is 30.5 Å². The number of esters is 1. The molecule has 0 unspecified atom stereocenters. The first kappa shape index (κ1) is 24.7. The molecule has 5 heteroatoms. The highest BCUT2D eigenvalue weighted by Crippen LogP contribution is 2.55. The summed E-state index contributed by atoms with van der Waals surface area (Å²) in [5, 5.41) is 2.50. The third kappa shape index (κ3) is 4.61. The zero-order valence-electron chi connectivity index (χ0n) is 22.4. The average molecular weight is 494 g/mol. The number of carbonyl (C=O) groups excluding carboxylic acids is 1. The van der Waals surface area contributed by atoms with Crippen molar-refractivity contribution in [1.29, 1.82) is 0 Å². The highest BCUT2D eigenvalue weighted by atomic mass is 28.3. The van der Waals surface area contributed by atoms with Crippen LogP contribution in [0, 0.1) is 5.41 Å². The van der Waals surface area contributed by atoms with E-state index in [1.54, 1.807) is 0 Å². The van der Waals surface area contributed by atoms with Gasteiger partial charge in [0.15, 0.2) is 0 Å². The van der Waals surface area contributed by atoms with Crippen molar-refractivity contribution in [2.24, 2.45) is 5.41 Å². The zero-order valence-corrected chi connectivity index (χ0v) is 23.4. The Labute approximate surface area is 212 Å². The SMILES string of the molecule is COC(=O)C12CCC(N(C)c3ccc4cc(OC5CCC([Si](C)(C)C)CC5)ccc4c3)(CC1)CC2. The van der Waals surface area contributed by atoms with Gasteiger partial charge in [-0.05, 0) is 105 Å². The maximum absolute atomic E-state index is 12.4. The third-order valence-electron chi connectivity index (χ3n) is 9.92. The Morgan fingerprint density at radius 3 is 2.09 bits per heavy atom. The van der Waals surface area contributed by atoms with Crippen LogP contribution in [0.1, 0.15) is 64.2 Å². The minimum Gasteiger partial charge on any atom is -0.490 e. The quantitative estimate of drug-likeness (QED) is 0.307. The van der Waals surface area contributed by atoms with Crippen LogP contribution in [0.3, 0.4) is 0 Å². The zero-order chi connectivity index (χ0) is 24.8. The lowest BCUT2D eigenvalue weighted by Gasteiger charge is -2.56. The highest BCUT2D eigenvalue weighted by molar-refractivity contribution is 6.77. The number of carbonyl (C=O) groups is 1. The predicted octanol–water partition coefficient (Wildman–Crippen LogP) is 7.57. The summed E-state index contributed by atoms with van der Waals surface area (Å²) in [7, 11) is 2.74. The first-order valence-electron chi connectivity index (χ1n) is 13.7. The van der Waals surface area contributed by atoms with E-state index in [4.69, 9.17) is 9.47 Å². The van der Waals surface area contributed by atoms with Gasteiger partial charge >= 0.3 is 5.97 Å². The molecule has 4 fully saturated rings. The van der Waals surface area contributed by atoms with Gasteiger partial charge in [-0.25, -0.2) is 0 Å². The molecule has 0 atom stereocenters. The van der Waals surface area contributed by atoms with Gasteiger partial charge in [0.25, 0.3) is 0 Å². The summed E-state index contributed by atoms with van der Waals surface area (Å²) in [6.07, 6.45) is 11.4. The number of nitrogens with zero attached hydrogens (tertiary/aromatic N) is 1. The van der Waals surface area contributed by atoms with Gasteiger partial charge in [0.1, 0.15) is 5.75 Å². The van der Waals surface area contributed by atoms with Gasteiger partial charge < -0.3 is 14.4 Å². The maximum Gasteiger partial charge on any atom is 0.311 e. The molecule has 4 aliphatic carbocycles. The van der Waals surface area contributed by atoms with Crippen molar-refractivity contribution in [3.63, 3.8) is 0 Å². The topological polar surface area (TPSA) is 38.8 Å². The van der Waals surface area contributed by atoms with E-state index in [9.17, 15) is 4.79 Å². The van der Waals surface area contributed by atoms with E-state index in [1.807, 2.05) is 0 Å². The molecule has 6 rings (SSSR count). The van der Waals surface area contributed by atoms with Crippen molar-refractivity contribution in [3.8, 4) is 5.75 Å². The molecule has 0 aliphatic heterocycles. The number of hydrogen-bond acceptors (Lipinski definition) is 4. The third-order valence-corrected chi connectivity index (χ3v) is 12.9. The van der Waals surface area contributed by atoms with E-state index in [2.05, 4.69) is 68.0 Å².